The van der Waals surface area contributed by atoms with Crippen LogP contribution in [0.25, 0.3) is 0 Å². The summed E-state index contributed by atoms with van der Waals surface area (Å²) in [5.41, 5.74) is 0.0770. The maximum Gasteiger partial charge on any atom is 0.387 e. The van der Waals surface area contributed by atoms with E-state index in [0.29, 0.717) is 12.8 Å². The van der Waals surface area contributed by atoms with E-state index in [1.807, 2.05) is 0 Å². The molecule has 0 aromatic heterocycles. The molecule has 122 valence electrons. The molecule has 0 saturated carbocycles. The van der Waals surface area contributed by atoms with Crippen molar-refractivity contribution in [2.24, 2.45) is 0 Å². The fraction of sp³-hybridized carbons (Fsp3) is 0.462. The molecule has 0 aliphatic carbocycles. The van der Waals surface area contributed by atoms with Gasteiger partial charge in [0.1, 0.15) is 11.8 Å². The van der Waals surface area contributed by atoms with E-state index in [2.05, 4.69) is 10.1 Å². The SMILES string of the molecule is CS(=O)(=O)N1CCC[C@@H]1C(=O)Nc1ccccc1OC(F)F. The molecule has 1 fully saturated rings. The lowest BCUT2D eigenvalue weighted by atomic mass is 10.2. The Kier molecular flexibility index (Phi) is 4.97. The van der Waals surface area contributed by atoms with Gasteiger partial charge in [0.05, 0.1) is 11.9 Å². The lowest BCUT2D eigenvalue weighted by molar-refractivity contribution is -0.119. The number of hydrogen-bond acceptors (Lipinski definition) is 4. The molecule has 0 spiro atoms. The molecule has 22 heavy (non-hydrogen) atoms. The molecule has 1 aromatic rings. The summed E-state index contributed by atoms with van der Waals surface area (Å²) in [6.07, 6.45) is 1.99. The van der Waals surface area contributed by atoms with Crippen molar-refractivity contribution in [3.05, 3.63) is 24.3 Å². The summed E-state index contributed by atoms with van der Waals surface area (Å²) >= 11 is 0. The fourth-order valence-electron chi connectivity index (χ4n) is 2.38. The number of rotatable bonds is 5. The number of carbonyl (C=O) groups excluding carboxylic acids is 1. The van der Waals surface area contributed by atoms with Crippen molar-refractivity contribution in [3.8, 4) is 5.75 Å². The normalized spacial score (nSPS) is 19.4. The van der Waals surface area contributed by atoms with Gasteiger partial charge in [0, 0.05) is 6.54 Å². The van der Waals surface area contributed by atoms with Crippen LogP contribution in [0.15, 0.2) is 24.3 Å². The summed E-state index contributed by atoms with van der Waals surface area (Å²) in [4.78, 5) is 12.2. The van der Waals surface area contributed by atoms with Crippen LogP contribution in [-0.4, -0.2) is 44.1 Å². The van der Waals surface area contributed by atoms with Gasteiger partial charge in [-0.05, 0) is 25.0 Å². The molecule has 1 atom stereocenters. The average Bonchev–Trinajstić information content (AvgIpc) is 2.89. The largest absolute Gasteiger partial charge is 0.433 e. The Morgan fingerprint density at radius 1 is 1.41 bits per heavy atom. The first-order valence-electron chi connectivity index (χ1n) is 6.60. The number of benzene rings is 1. The molecule has 0 unspecified atom stereocenters. The summed E-state index contributed by atoms with van der Waals surface area (Å²) < 4.78 is 53.4. The Morgan fingerprint density at radius 2 is 2.09 bits per heavy atom. The van der Waals surface area contributed by atoms with Crippen LogP contribution in [-0.2, 0) is 14.8 Å². The number of alkyl halides is 2. The van der Waals surface area contributed by atoms with E-state index < -0.39 is 28.6 Å². The highest BCUT2D eigenvalue weighted by Gasteiger charge is 2.36. The Hall–Kier alpha value is -1.74. The van der Waals surface area contributed by atoms with Gasteiger partial charge in [-0.25, -0.2) is 8.42 Å². The number of para-hydroxylation sites is 2. The molecular weight excluding hydrogens is 318 g/mol. The van der Waals surface area contributed by atoms with Gasteiger partial charge in [-0.3, -0.25) is 4.79 Å². The van der Waals surface area contributed by atoms with Gasteiger partial charge in [0.25, 0.3) is 0 Å². The second-order valence-electron chi connectivity index (χ2n) is 4.90. The van der Waals surface area contributed by atoms with Crippen molar-refractivity contribution in [1.82, 2.24) is 4.31 Å². The molecule has 1 N–H and O–H groups in total. The Bertz CT molecular complexity index is 651. The van der Waals surface area contributed by atoms with Crippen molar-refractivity contribution >= 4 is 21.6 Å². The first-order valence-corrected chi connectivity index (χ1v) is 8.45. The molecule has 6 nitrogen and oxygen atoms in total. The number of ether oxygens (including phenoxy) is 1. The number of anilines is 1. The third kappa shape index (κ3) is 3.92. The minimum atomic E-state index is -3.50. The van der Waals surface area contributed by atoms with Crippen LogP contribution in [0, 0.1) is 0 Å². The molecule has 0 bridgehead atoms. The van der Waals surface area contributed by atoms with Gasteiger partial charge in [0.2, 0.25) is 15.9 Å². The number of nitrogens with zero attached hydrogens (tertiary/aromatic N) is 1. The zero-order valence-electron chi connectivity index (χ0n) is 11.8. The van der Waals surface area contributed by atoms with E-state index in [1.54, 1.807) is 6.07 Å². The zero-order chi connectivity index (χ0) is 16.3. The number of nitrogens with one attached hydrogen (secondary N) is 1. The van der Waals surface area contributed by atoms with E-state index in [4.69, 9.17) is 0 Å². The number of sulfonamides is 1. The second kappa shape index (κ2) is 6.57. The summed E-state index contributed by atoms with van der Waals surface area (Å²) in [6, 6.07) is 4.91. The first kappa shape index (κ1) is 16.6. The number of hydrogen-bond donors (Lipinski definition) is 1. The lowest BCUT2D eigenvalue weighted by Gasteiger charge is -2.22. The fourth-order valence-corrected chi connectivity index (χ4v) is 3.51. The standard InChI is InChI=1S/C13H16F2N2O4S/c1-22(19,20)17-8-4-6-10(17)12(18)16-9-5-2-3-7-11(9)21-13(14)15/h2-3,5,7,10,13H,4,6,8H2,1H3,(H,16,18)/t10-/m1/s1. The van der Waals surface area contributed by atoms with Crippen LogP contribution in [0.1, 0.15) is 12.8 Å². The second-order valence-corrected chi connectivity index (χ2v) is 6.83. The van der Waals surface area contributed by atoms with Gasteiger partial charge in [0.15, 0.2) is 0 Å². The monoisotopic (exact) mass is 334 g/mol. The van der Waals surface area contributed by atoms with Crippen LogP contribution in [0.2, 0.25) is 0 Å². The lowest BCUT2D eigenvalue weighted by Crippen LogP contribution is -2.42. The molecule has 1 aliphatic rings. The Morgan fingerprint density at radius 3 is 2.73 bits per heavy atom. The van der Waals surface area contributed by atoms with E-state index >= 15 is 0 Å². The van der Waals surface area contributed by atoms with Gasteiger partial charge >= 0.3 is 6.61 Å². The first-order chi connectivity index (χ1) is 10.3. The third-order valence-electron chi connectivity index (χ3n) is 3.29. The van der Waals surface area contributed by atoms with Crippen molar-refractivity contribution in [1.29, 1.82) is 0 Å². The molecule has 1 saturated heterocycles. The van der Waals surface area contributed by atoms with Gasteiger partial charge in [-0.1, -0.05) is 12.1 Å². The summed E-state index contributed by atoms with van der Waals surface area (Å²) in [5.74, 6) is -0.733. The van der Waals surface area contributed by atoms with Gasteiger partial charge in [-0.2, -0.15) is 13.1 Å². The highest BCUT2D eigenvalue weighted by atomic mass is 32.2. The van der Waals surface area contributed by atoms with Gasteiger partial charge in [-0.15, -0.1) is 0 Å². The molecule has 1 aliphatic heterocycles. The van der Waals surface area contributed by atoms with Crippen LogP contribution < -0.4 is 10.1 Å². The minimum Gasteiger partial charge on any atom is -0.433 e. The summed E-state index contributed by atoms with van der Waals surface area (Å²) in [6.45, 7) is -2.75. The maximum absolute atomic E-state index is 12.3. The van der Waals surface area contributed by atoms with Crippen molar-refractivity contribution in [2.45, 2.75) is 25.5 Å². The average molecular weight is 334 g/mol. The van der Waals surface area contributed by atoms with Crippen molar-refractivity contribution in [3.63, 3.8) is 0 Å². The Labute approximate surface area is 127 Å². The number of halogens is 2. The predicted molar refractivity (Wildman–Crippen MR) is 76.3 cm³/mol. The van der Waals surface area contributed by atoms with E-state index in [9.17, 15) is 22.0 Å². The topological polar surface area (TPSA) is 75.7 Å². The smallest absolute Gasteiger partial charge is 0.387 e. The Balaban J connectivity index is 2.16. The van der Waals surface area contributed by atoms with Crippen LogP contribution in [0.4, 0.5) is 14.5 Å². The molecular formula is C13H16F2N2O4S. The van der Waals surface area contributed by atoms with E-state index in [-0.39, 0.29) is 18.0 Å². The van der Waals surface area contributed by atoms with E-state index in [1.165, 1.54) is 18.2 Å². The minimum absolute atomic E-state index is 0.0770. The quantitative estimate of drug-likeness (QED) is 0.888. The highest BCUT2D eigenvalue weighted by Crippen LogP contribution is 2.27. The highest BCUT2D eigenvalue weighted by molar-refractivity contribution is 7.88. The third-order valence-corrected chi connectivity index (χ3v) is 4.58. The molecule has 1 heterocycles. The van der Waals surface area contributed by atoms with Crippen LogP contribution >= 0.6 is 0 Å². The van der Waals surface area contributed by atoms with Crippen LogP contribution in [0.5, 0.6) is 5.75 Å². The van der Waals surface area contributed by atoms with Crippen molar-refractivity contribution < 1.29 is 26.7 Å². The number of carbonyl (C=O) groups is 1. The summed E-state index contributed by atoms with van der Waals surface area (Å²) in [5, 5.41) is 2.46. The van der Waals surface area contributed by atoms with Crippen LogP contribution in [0.3, 0.4) is 0 Å². The molecule has 9 heteroatoms. The van der Waals surface area contributed by atoms with Crippen molar-refractivity contribution in [2.75, 3.05) is 18.1 Å². The van der Waals surface area contributed by atoms with E-state index in [0.717, 1.165) is 10.6 Å². The maximum atomic E-state index is 12.3. The molecule has 0 radical (unpaired) electrons. The van der Waals surface area contributed by atoms with Gasteiger partial charge < -0.3 is 10.1 Å². The molecule has 2 rings (SSSR count). The molecule has 1 aromatic carbocycles. The molecule has 1 amide bonds. The zero-order valence-corrected chi connectivity index (χ0v) is 12.6. The summed E-state index contributed by atoms with van der Waals surface area (Å²) in [7, 11) is -3.50. The number of amides is 1. The predicted octanol–water partition coefficient (Wildman–Crippen LogP) is 1.65.